The van der Waals surface area contributed by atoms with Gasteiger partial charge < -0.3 is 10.1 Å². The summed E-state index contributed by atoms with van der Waals surface area (Å²) < 4.78 is 34.6. The first kappa shape index (κ1) is 18.9. The van der Waals surface area contributed by atoms with Crippen LogP contribution in [-0.2, 0) is 21.4 Å². The molecular formula is C17H20N4O5S. The zero-order chi connectivity index (χ0) is 19.9. The van der Waals surface area contributed by atoms with E-state index in [0.29, 0.717) is 23.5 Å². The van der Waals surface area contributed by atoms with Gasteiger partial charge in [0, 0.05) is 18.8 Å². The van der Waals surface area contributed by atoms with Gasteiger partial charge in [-0.15, -0.1) is 0 Å². The normalized spacial score (nSPS) is 16.3. The van der Waals surface area contributed by atoms with Crippen molar-refractivity contribution in [1.82, 2.24) is 14.5 Å². The molecule has 1 aliphatic heterocycles. The highest BCUT2D eigenvalue weighted by atomic mass is 32.2. The molecule has 1 unspecified atom stereocenters. The van der Waals surface area contributed by atoms with E-state index in [1.807, 2.05) is 6.92 Å². The molecule has 0 fully saturated rings. The number of carbonyl (C=O) groups excluding carboxylic acids is 2. The number of fused-ring (bicyclic) bond motifs is 1. The molecule has 1 aliphatic rings. The molecule has 0 saturated carbocycles. The largest absolute Gasteiger partial charge is 0.479 e. The van der Waals surface area contributed by atoms with Crippen molar-refractivity contribution in [3.05, 3.63) is 35.2 Å². The first-order chi connectivity index (χ1) is 12.6. The molecule has 2 aromatic rings. The number of ether oxygens (including phenoxy) is 1. The molecule has 9 nitrogen and oxygen atoms in total. The van der Waals surface area contributed by atoms with Crippen LogP contribution in [0.25, 0.3) is 0 Å². The number of carbonyl (C=O) groups is 2. The lowest BCUT2D eigenvalue weighted by atomic mass is 10.1. The second-order valence-corrected chi connectivity index (χ2v) is 7.93. The molecule has 0 spiro atoms. The van der Waals surface area contributed by atoms with E-state index in [1.54, 1.807) is 25.5 Å². The molecule has 10 heteroatoms. The van der Waals surface area contributed by atoms with Crippen molar-refractivity contribution in [3.63, 3.8) is 0 Å². The molecule has 0 radical (unpaired) electrons. The van der Waals surface area contributed by atoms with E-state index in [-0.39, 0.29) is 22.1 Å². The molecule has 1 aromatic heterocycles. The quantitative estimate of drug-likeness (QED) is 0.811. The Labute approximate surface area is 156 Å². The van der Waals surface area contributed by atoms with Gasteiger partial charge in [-0.3, -0.25) is 14.3 Å². The minimum atomic E-state index is -4.15. The zero-order valence-electron chi connectivity index (χ0n) is 15.4. The van der Waals surface area contributed by atoms with Crippen molar-refractivity contribution < 1.29 is 22.7 Å². The fourth-order valence-corrected chi connectivity index (χ4v) is 3.98. The molecule has 1 atom stereocenters. The Balaban J connectivity index is 1.93. The number of aryl methyl sites for hydroxylation is 3. The average molecular weight is 392 g/mol. The van der Waals surface area contributed by atoms with Crippen molar-refractivity contribution in [2.75, 3.05) is 5.32 Å². The van der Waals surface area contributed by atoms with E-state index in [1.165, 1.54) is 18.3 Å². The monoisotopic (exact) mass is 392 g/mol. The summed E-state index contributed by atoms with van der Waals surface area (Å²) in [5, 5.41) is 6.80. The number of aromatic nitrogens is 2. The van der Waals surface area contributed by atoms with E-state index >= 15 is 0 Å². The van der Waals surface area contributed by atoms with Gasteiger partial charge in [0.15, 0.2) is 6.10 Å². The lowest BCUT2D eigenvalue weighted by Crippen LogP contribution is -2.35. The lowest BCUT2D eigenvalue weighted by Gasteiger charge is -2.24. The molecule has 2 N–H and O–H groups in total. The third-order valence-corrected chi connectivity index (χ3v) is 5.71. The Morgan fingerprint density at radius 1 is 1.37 bits per heavy atom. The summed E-state index contributed by atoms with van der Waals surface area (Å²) in [4.78, 5) is 24.0. The fraction of sp³-hybridized carbons (Fsp3) is 0.353. The molecule has 0 bridgehead atoms. The lowest BCUT2D eigenvalue weighted by molar-refractivity contribution is -0.122. The van der Waals surface area contributed by atoms with Gasteiger partial charge in [-0.2, -0.15) is 5.10 Å². The minimum Gasteiger partial charge on any atom is -0.479 e. The second-order valence-electron chi connectivity index (χ2n) is 6.28. The van der Waals surface area contributed by atoms with E-state index in [0.717, 1.165) is 0 Å². The minimum absolute atomic E-state index is 0.0986. The summed E-state index contributed by atoms with van der Waals surface area (Å²) in [5.74, 6) is -0.836. The van der Waals surface area contributed by atoms with Gasteiger partial charge in [-0.25, -0.2) is 13.1 Å². The third kappa shape index (κ3) is 3.52. The maximum Gasteiger partial charge on any atom is 0.268 e. The topological polar surface area (TPSA) is 119 Å². The number of amides is 2. The standard InChI is InChI=1S/C17H20N4O5S/c1-5-21-8-12(10(3)19-21)17(23)20-27(24,25)15-7-14-13(6-9(15)2)18-16(22)11(4)26-14/h6-8,11H,5H2,1-4H3,(H,18,22)(H,20,23). The smallest absolute Gasteiger partial charge is 0.268 e. The summed E-state index contributed by atoms with van der Waals surface area (Å²) >= 11 is 0. The van der Waals surface area contributed by atoms with Crippen LogP contribution in [0.4, 0.5) is 5.69 Å². The first-order valence-corrected chi connectivity index (χ1v) is 9.84. The van der Waals surface area contributed by atoms with Gasteiger partial charge in [0.05, 0.1) is 21.8 Å². The molecule has 2 amide bonds. The molecule has 27 heavy (non-hydrogen) atoms. The van der Waals surface area contributed by atoms with Crippen molar-refractivity contribution in [3.8, 4) is 5.75 Å². The van der Waals surface area contributed by atoms with Crippen LogP contribution in [0.3, 0.4) is 0 Å². The SMILES string of the molecule is CCn1cc(C(=O)NS(=O)(=O)c2cc3c(cc2C)NC(=O)C(C)O3)c(C)n1. The van der Waals surface area contributed by atoms with Crippen molar-refractivity contribution in [2.24, 2.45) is 0 Å². The maximum atomic E-state index is 12.8. The van der Waals surface area contributed by atoms with E-state index < -0.39 is 22.0 Å². The molecular weight excluding hydrogens is 372 g/mol. The number of hydrogen-bond donors (Lipinski definition) is 2. The molecule has 0 aliphatic carbocycles. The highest BCUT2D eigenvalue weighted by molar-refractivity contribution is 7.90. The summed E-state index contributed by atoms with van der Waals surface area (Å²) in [6.07, 6.45) is 0.758. The Hall–Kier alpha value is -2.88. The van der Waals surface area contributed by atoms with Gasteiger partial charge >= 0.3 is 0 Å². The fourth-order valence-electron chi connectivity index (χ4n) is 2.77. The molecule has 1 aromatic carbocycles. The summed E-state index contributed by atoms with van der Waals surface area (Å²) in [6.45, 7) is 7.19. The van der Waals surface area contributed by atoms with Crippen molar-refractivity contribution in [2.45, 2.75) is 45.2 Å². The Bertz CT molecular complexity index is 1040. The number of benzene rings is 1. The van der Waals surface area contributed by atoms with Crippen LogP contribution >= 0.6 is 0 Å². The molecule has 144 valence electrons. The van der Waals surface area contributed by atoms with Crippen molar-refractivity contribution >= 4 is 27.5 Å². The van der Waals surface area contributed by atoms with Gasteiger partial charge in [0.2, 0.25) is 0 Å². The van der Waals surface area contributed by atoms with Crippen LogP contribution in [0.15, 0.2) is 23.2 Å². The highest BCUT2D eigenvalue weighted by Gasteiger charge is 2.28. The maximum absolute atomic E-state index is 12.8. The van der Waals surface area contributed by atoms with Crippen LogP contribution in [-0.4, -0.2) is 36.1 Å². The van der Waals surface area contributed by atoms with E-state index in [4.69, 9.17) is 4.74 Å². The average Bonchev–Trinajstić information content (AvgIpc) is 2.96. The number of sulfonamides is 1. The van der Waals surface area contributed by atoms with Gasteiger partial charge in [0.1, 0.15) is 5.75 Å². The Kier molecular flexibility index (Phi) is 4.68. The molecule has 2 heterocycles. The van der Waals surface area contributed by atoms with Gasteiger partial charge in [-0.1, -0.05) is 0 Å². The van der Waals surface area contributed by atoms with Crippen LogP contribution in [0.5, 0.6) is 5.75 Å². The van der Waals surface area contributed by atoms with Crippen LogP contribution < -0.4 is 14.8 Å². The molecule has 3 rings (SSSR count). The number of nitrogens with one attached hydrogen (secondary N) is 2. The first-order valence-electron chi connectivity index (χ1n) is 8.35. The summed E-state index contributed by atoms with van der Waals surface area (Å²) in [7, 11) is -4.15. The predicted molar refractivity (Wildman–Crippen MR) is 97.2 cm³/mol. The number of rotatable bonds is 4. The number of anilines is 1. The van der Waals surface area contributed by atoms with E-state index in [2.05, 4.69) is 15.1 Å². The molecule has 0 saturated heterocycles. The Morgan fingerprint density at radius 3 is 2.70 bits per heavy atom. The number of nitrogens with zero attached hydrogens (tertiary/aromatic N) is 2. The summed E-state index contributed by atoms with van der Waals surface area (Å²) in [5.41, 5.74) is 1.38. The highest BCUT2D eigenvalue weighted by Crippen LogP contribution is 2.34. The zero-order valence-corrected chi connectivity index (χ0v) is 16.2. The summed E-state index contributed by atoms with van der Waals surface area (Å²) in [6, 6.07) is 2.80. The Morgan fingerprint density at radius 2 is 2.07 bits per heavy atom. The van der Waals surface area contributed by atoms with Crippen LogP contribution in [0, 0.1) is 13.8 Å². The van der Waals surface area contributed by atoms with Crippen molar-refractivity contribution in [1.29, 1.82) is 0 Å². The predicted octanol–water partition coefficient (Wildman–Crippen LogP) is 1.36. The van der Waals surface area contributed by atoms with Crippen LogP contribution in [0.1, 0.15) is 35.5 Å². The third-order valence-electron chi connectivity index (χ3n) is 4.24. The van der Waals surface area contributed by atoms with Gasteiger partial charge in [0.25, 0.3) is 21.8 Å². The second kappa shape index (κ2) is 6.69. The van der Waals surface area contributed by atoms with E-state index in [9.17, 15) is 18.0 Å². The van der Waals surface area contributed by atoms with Crippen LogP contribution in [0.2, 0.25) is 0 Å². The number of hydrogen-bond acceptors (Lipinski definition) is 6. The van der Waals surface area contributed by atoms with Gasteiger partial charge in [-0.05, 0) is 39.3 Å².